The molecule has 2 heterocycles. The minimum Gasteiger partial charge on any atom is -0.481 e. The number of hydrogen-bond acceptors (Lipinski definition) is 4. The highest BCUT2D eigenvalue weighted by Gasteiger charge is 2.10. The number of nitrogens with one attached hydrogen (secondary N) is 1. The lowest BCUT2D eigenvalue weighted by molar-refractivity contribution is -0.118. The van der Waals surface area contributed by atoms with Crippen molar-refractivity contribution in [1.82, 2.24) is 14.8 Å². The average molecular weight is 314 g/mol. The molecule has 0 aliphatic rings. The van der Waals surface area contributed by atoms with Crippen LogP contribution < -0.4 is 10.1 Å². The number of fused-ring (bicyclic) bond motifs is 1. The molecule has 1 aromatic carbocycles. The molecule has 7 heteroatoms. The maximum Gasteiger partial charge on any atom is 0.262 e. The maximum absolute atomic E-state index is 13.4. The number of anilines is 1. The average Bonchev–Trinajstić information content (AvgIpc) is 2.81. The third-order valence-electron chi connectivity index (χ3n) is 3.34. The first-order valence-electron chi connectivity index (χ1n) is 7.01. The van der Waals surface area contributed by atoms with Gasteiger partial charge in [0.1, 0.15) is 0 Å². The molecule has 6 nitrogen and oxygen atoms in total. The molecule has 23 heavy (non-hydrogen) atoms. The van der Waals surface area contributed by atoms with Gasteiger partial charge in [0.2, 0.25) is 0 Å². The summed E-state index contributed by atoms with van der Waals surface area (Å²) in [4.78, 5) is 16.2. The molecule has 0 saturated carbocycles. The molecule has 0 aliphatic heterocycles. The summed E-state index contributed by atoms with van der Waals surface area (Å²) in [5.41, 5.74) is 2.10. The van der Waals surface area contributed by atoms with Gasteiger partial charge in [-0.25, -0.2) is 9.37 Å². The standard InChI is InChI=1S/C16H15FN4O2/c1-10-12-7-11(8-18-16(12)21(2)20-10)19-15(22)9-23-14-6-4-3-5-13(14)17/h3-8H,9H2,1-2H3,(H,19,22). The van der Waals surface area contributed by atoms with Gasteiger partial charge in [-0.1, -0.05) is 12.1 Å². The summed E-state index contributed by atoms with van der Waals surface area (Å²) >= 11 is 0. The molecule has 0 radical (unpaired) electrons. The third kappa shape index (κ3) is 3.13. The quantitative estimate of drug-likeness (QED) is 0.803. The Morgan fingerprint density at radius 1 is 1.39 bits per heavy atom. The number of rotatable bonds is 4. The molecule has 118 valence electrons. The van der Waals surface area contributed by atoms with Gasteiger partial charge in [0.25, 0.3) is 5.91 Å². The Morgan fingerprint density at radius 2 is 2.17 bits per heavy atom. The van der Waals surface area contributed by atoms with E-state index in [1.54, 1.807) is 29.1 Å². The molecule has 0 atom stereocenters. The maximum atomic E-state index is 13.4. The van der Waals surface area contributed by atoms with E-state index in [4.69, 9.17) is 4.74 Å². The number of benzene rings is 1. The SMILES string of the molecule is Cc1nn(C)c2ncc(NC(=O)COc3ccccc3F)cc12. The van der Waals surface area contributed by atoms with Crippen molar-refractivity contribution in [1.29, 1.82) is 0 Å². The van der Waals surface area contributed by atoms with Crippen LogP contribution >= 0.6 is 0 Å². The van der Waals surface area contributed by atoms with Gasteiger partial charge in [-0.15, -0.1) is 0 Å². The number of hydrogen-bond donors (Lipinski definition) is 1. The van der Waals surface area contributed by atoms with Crippen LogP contribution in [0.4, 0.5) is 10.1 Å². The Kier molecular flexibility index (Phi) is 3.92. The summed E-state index contributed by atoms with van der Waals surface area (Å²) in [6, 6.07) is 7.73. The Morgan fingerprint density at radius 3 is 2.96 bits per heavy atom. The lowest BCUT2D eigenvalue weighted by Gasteiger charge is -2.08. The molecule has 0 spiro atoms. The van der Waals surface area contributed by atoms with E-state index in [2.05, 4.69) is 15.4 Å². The van der Waals surface area contributed by atoms with Gasteiger partial charge in [-0.2, -0.15) is 5.10 Å². The second-order valence-electron chi connectivity index (χ2n) is 5.07. The van der Waals surface area contributed by atoms with E-state index in [0.717, 1.165) is 16.7 Å². The highest BCUT2D eigenvalue weighted by molar-refractivity contribution is 5.94. The summed E-state index contributed by atoms with van der Waals surface area (Å²) in [7, 11) is 1.81. The fourth-order valence-electron chi connectivity index (χ4n) is 2.28. The number of para-hydroxylation sites is 1. The first kappa shape index (κ1) is 15.0. The zero-order valence-electron chi connectivity index (χ0n) is 12.7. The number of aromatic nitrogens is 3. The van der Waals surface area contributed by atoms with Gasteiger partial charge in [-0.3, -0.25) is 9.48 Å². The van der Waals surface area contributed by atoms with Crippen LogP contribution in [0.25, 0.3) is 11.0 Å². The highest BCUT2D eigenvalue weighted by Crippen LogP contribution is 2.19. The van der Waals surface area contributed by atoms with Crippen molar-refractivity contribution in [3.05, 3.63) is 48.0 Å². The minimum atomic E-state index is -0.505. The summed E-state index contributed by atoms with van der Waals surface area (Å²) in [5.74, 6) is -0.857. The van der Waals surface area contributed by atoms with Gasteiger partial charge in [0.05, 0.1) is 17.6 Å². The molecule has 0 saturated heterocycles. The predicted octanol–water partition coefficient (Wildman–Crippen LogP) is 2.43. The van der Waals surface area contributed by atoms with Crippen molar-refractivity contribution in [2.75, 3.05) is 11.9 Å². The molecule has 0 aliphatic carbocycles. The van der Waals surface area contributed by atoms with Crippen LogP contribution in [0.5, 0.6) is 5.75 Å². The summed E-state index contributed by atoms with van der Waals surface area (Å²) in [6.07, 6.45) is 1.55. The Bertz CT molecular complexity index is 876. The number of carbonyl (C=O) groups excluding carboxylic acids is 1. The fourth-order valence-corrected chi connectivity index (χ4v) is 2.28. The minimum absolute atomic E-state index is 0.0410. The van der Waals surface area contributed by atoms with E-state index in [1.807, 2.05) is 14.0 Å². The van der Waals surface area contributed by atoms with Crippen LogP contribution in [-0.2, 0) is 11.8 Å². The highest BCUT2D eigenvalue weighted by atomic mass is 19.1. The van der Waals surface area contributed by atoms with E-state index >= 15 is 0 Å². The second-order valence-corrected chi connectivity index (χ2v) is 5.07. The molecule has 3 rings (SSSR count). The Labute approximate surface area is 131 Å². The Balaban J connectivity index is 1.68. The van der Waals surface area contributed by atoms with Crippen LogP contribution in [0.15, 0.2) is 36.5 Å². The molecule has 3 aromatic rings. The van der Waals surface area contributed by atoms with E-state index in [9.17, 15) is 9.18 Å². The van der Waals surface area contributed by atoms with E-state index in [0.29, 0.717) is 5.69 Å². The third-order valence-corrected chi connectivity index (χ3v) is 3.34. The van der Waals surface area contributed by atoms with E-state index in [-0.39, 0.29) is 12.4 Å². The molecule has 0 bridgehead atoms. The molecule has 1 N–H and O–H groups in total. The van der Waals surface area contributed by atoms with Crippen molar-refractivity contribution in [3.8, 4) is 5.75 Å². The fraction of sp³-hybridized carbons (Fsp3) is 0.188. The first-order valence-corrected chi connectivity index (χ1v) is 7.01. The smallest absolute Gasteiger partial charge is 0.262 e. The second kappa shape index (κ2) is 6.04. The number of nitrogens with zero attached hydrogens (tertiary/aromatic N) is 3. The number of pyridine rings is 1. The van der Waals surface area contributed by atoms with Crippen LogP contribution in [0, 0.1) is 12.7 Å². The lowest BCUT2D eigenvalue weighted by Crippen LogP contribution is -2.20. The summed E-state index contributed by atoms with van der Waals surface area (Å²) < 4.78 is 20.3. The molecular weight excluding hydrogens is 299 g/mol. The largest absolute Gasteiger partial charge is 0.481 e. The topological polar surface area (TPSA) is 69.0 Å². The van der Waals surface area contributed by atoms with Crippen molar-refractivity contribution in [3.63, 3.8) is 0 Å². The van der Waals surface area contributed by atoms with Gasteiger partial charge in [-0.05, 0) is 25.1 Å². The molecule has 1 amide bonds. The van der Waals surface area contributed by atoms with Crippen LogP contribution in [-0.4, -0.2) is 27.3 Å². The van der Waals surface area contributed by atoms with Crippen LogP contribution in [0.3, 0.4) is 0 Å². The molecule has 0 unspecified atom stereocenters. The van der Waals surface area contributed by atoms with Crippen molar-refractivity contribution in [2.45, 2.75) is 6.92 Å². The molecule has 2 aromatic heterocycles. The zero-order chi connectivity index (χ0) is 16.4. The number of ether oxygens (including phenoxy) is 1. The molecule has 0 fully saturated rings. The van der Waals surface area contributed by atoms with Crippen LogP contribution in [0.2, 0.25) is 0 Å². The predicted molar refractivity (Wildman–Crippen MR) is 83.8 cm³/mol. The monoisotopic (exact) mass is 314 g/mol. The van der Waals surface area contributed by atoms with Crippen molar-refractivity contribution in [2.24, 2.45) is 7.05 Å². The summed E-state index contributed by atoms with van der Waals surface area (Å²) in [6.45, 7) is 1.59. The van der Waals surface area contributed by atoms with Crippen LogP contribution in [0.1, 0.15) is 5.69 Å². The number of carbonyl (C=O) groups is 1. The lowest BCUT2D eigenvalue weighted by atomic mass is 10.2. The van der Waals surface area contributed by atoms with Crippen molar-refractivity contribution < 1.29 is 13.9 Å². The number of halogens is 1. The molecular formula is C16H15FN4O2. The van der Waals surface area contributed by atoms with Gasteiger partial charge < -0.3 is 10.1 Å². The number of aryl methyl sites for hydroxylation is 2. The number of amides is 1. The first-order chi connectivity index (χ1) is 11.0. The van der Waals surface area contributed by atoms with E-state index < -0.39 is 11.7 Å². The van der Waals surface area contributed by atoms with Crippen molar-refractivity contribution >= 4 is 22.6 Å². The Hall–Kier alpha value is -2.96. The summed E-state index contributed by atoms with van der Waals surface area (Å²) in [5, 5.41) is 7.81. The zero-order valence-corrected chi connectivity index (χ0v) is 12.7. The van der Waals surface area contributed by atoms with E-state index in [1.165, 1.54) is 12.1 Å². The van der Waals surface area contributed by atoms with Gasteiger partial charge >= 0.3 is 0 Å². The normalized spacial score (nSPS) is 10.7. The van der Waals surface area contributed by atoms with Gasteiger partial charge in [0, 0.05) is 12.4 Å². The van der Waals surface area contributed by atoms with Gasteiger partial charge in [0.15, 0.2) is 23.8 Å².